The van der Waals surface area contributed by atoms with Crippen LogP contribution in [0.4, 0.5) is 5.69 Å². The Morgan fingerprint density at radius 3 is 2.34 bits per heavy atom. The zero-order valence-electron chi connectivity index (χ0n) is 18.8. The number of hydrogen-bond acceptors (Lipinski definition) is 3. The van der Waals surface area contributed by atoms with Crippen LogP contribution in [0.3, 0.4) is 0 Å². The Labute approximate surface area is 194 Å². The number of aliphatic imine (C=N–C) groups is 1. The van der Waals surface area contributed by atoms with Gasteiger partial charge in [-0.05, 0) is 70.4 Å². The molecule has 1 aromatic carbocycles. The number of nitrogens with zero attached hydrogens (tertiary/aromatic N) is 2. The highest BCUT2D eigenvalue weighted by Gasteiger charge is 2.06. The zero-order chi connectivity index (χ0) is 20.8. The second-order valence-electron chi connectivity index (χ2n) is 7.10. The van der Waals surface area contributed by atoms with Crippen molar-refractivity contribution in [3.63, 3.8) is 0 Å². The van der Waals surface area contributed by atoms with Crippen molar-refractivity contribution in [2.24, 2.45) is 4.99 Å². The Balaban J connectivity index is 0.00000784. The molecule has 0 fully saturated rings. The third-order valence-electron chi connectivity index (χ3n) is 4.68. The van der Waals surface area contributed by atoms with Crippen molar-refractivity contribution < 1.29 is 4.79 Å². The Morgan fingerprint density at radius 1 is 1.14 bits per heavy atom. The maximum atomic E-state index is 11.1. The lowest BCUT2D eigenvalue weighted by Crippen LogP contribution is -2.42. The van der Waals surface area contributed by atoms with Crippen molar-refractivity contribution >= 4 is 41.5 Å². The van der Waals surface area contributed by atoms with Crippen LogP contribution in [0.15, 0.2) is 29.3 Å². The molecule has 0 saturated heterocycles. The quantitative estimate of drug-likeness (QED) is 0.224. The van der Waals surface area contributed by atoms with Gasteiger partial charge in [0, 0.05) is 31.7 Å². The minimum Gasteiger partial charge on any atom is -0.357 e. The van der Waals surface area contributed by atoms with Crippen molar-refractivity contribution in [1.29, 1.82) is 0 Å². The Kier molecular flexibility index (Phi) is 15.7. The van der Waals surface area contributed by atoms with Gasteiger partial charge >= 0.3 is 0 Å². The first kappa shape index (κ1) is 27.6. The number of benzene rings is 1. The second-order valence-corrected chi connectivity index (χ2v) is 7.10. The molecular weight excluding hydrogens is 477 g/mol. The van der Waals surface area contributed by atoms with E-state index in [0.29, 0.717) is 6.04 Å². The molecule has 0 aliphatic carbocycles. The summed E-state index contributed by atoms with van der Waals surface area (Å²) in [4.78, 5) is 18.3. The van der Waals surface area contributed by atoms with Gasteiger partial charge in [0.2, 0.25) is 5.91 Å². The Bertz CT molecular complexity index is 587. The maximum Gasteiger partial charge on any atom is 0.221 e. The van der Waals surface area contributed by atoms with Gasteiger partial charge < -0.3 is 20.9 Å². The molecule has 0 saturated carbocycles. The summed E-state index contributed by atoms with van der Waals surface area (Å²) in [5.41, 5.74) is 2.04. The molecule has 29 heavy (non-hydrogen) atoms. The Hall–Kier alpha value is -1.35. The molecule has 0 heterocycles. The molecule has 0 spiro atoms. The van der Waals surface area contributed by atoms with Crippen LogP contribution in [0.2, 0.25) is 0 Å². The van der Waals surface area contributed by atoms with Gasteiger partial charge in [-0.15, -0.1) is 24.0 Å². The zero-order valence-corrected chi connectivity index (χ0v) is 21.1. The molecule has 0 aromatic heterocycles. The summed E-state index contributed by atoms with van der Waals surface area (Å²) in [6, 6.07) is 8.34. The van der Waals surface area contributed by atoms with Crippen LogP contribution >= 0.6 is 24.0 Å². The molecule has 1 aromatic rings. The average molecular weight is 518 g/mol. The smallest absolute Gasteiger partial charge is 0.221 e. The number of carbonyl (C=O) groups is 1. The van der Waals surface area contributed by atoms with Crippen molar-refractivity contribution in [3.05, 3.63) is 29.8 Å². The van der Waals surface area contributed by atoms with Gasteiger partial charge in [-0.3, -0.25) is 9.79 Å². The van der Waals surface area contributed by atoms with E-state index < -0.39 is 0 Å². The number of carbonyl (C=O) groups excluding carboxylic acids is 1. The molecule has 166 valence electrons. The second kappa shape index (κ2) is 16.4. The van der Waals surface area contributed by atoms with Crippen molar-refractivity contribution in [3.8, 4) is 0 Å². The van der Waals surface area contributed by atoms with E-state index in [-0.39, 0.29) is 29.9 Å². The summed E-state index contributed by atoms with van der Waals surface area (Å²) in [6.45, 7) is 15.2. The van der Waals surface area contributed by atoms with Crippen LogP contribution in [-0.2, 0) is 11.2 Å². The average Bonchev–Trinajstić information content (AvgIpc) is 2.66. The number of guanidine groups is 1. The van der Waals surface area contributed by atoms with E-state index in [9.17, 15) is 4.79 Å². The fraction of sp³-hybridized carbons (Fsp3) is 0.636. The topological polar surface area (TPSA) is 68.8 Å². The van der Waals surface area contributed by atoms with Crippen LogP contribution in [0.5, 0.6) is 0 Å². The van der Waals surface area contributed by atoms with Gasteiger partial charge in [0.25, 0.3) is 0 Å². The number of rotatable bonds is 12. The Morgan fingerprint density at radius 2 is 1.79 bits per heavy atom. The predicted octanol–water partition coefficient (Wildman–Crippen LogP) is 3.87. The lowest BCUT2D eigenvalue weighted by atomic mass is 10.1. The lowest BCUT2D eigenvalue weighted by Gasteiger charge is -2.21. The minimum atomic E-state index is -0.0510. The summed E-state index contributed by atoms with van der Waals surface area (Å²) in [6.07, 6.45) is 3.19. The molecule has 1 amide bonds. The van der Waals surface area contributed by atoms with E-state index in [2.05, 4.69) is 48.5 Å². The van der Waals surface area contributed by atoms with Gasteiger partial charge in [0.1, 0.15) is 0 Å². The summed E-state index contributed by atoms with van der Waals surface area (Å²) in [5.74, 6) is 0.831. The largest absolute Gasteiger partial charge is 0.357 e. The molecular formula is C22H40IN5O. The molecule has 6 nitrogen and oxygen atoms in total. The van der Waals surface area contributed by atoms with Gasteiger partial charge in [-0.1, -0.05) is 26.0 Å². The first-order chi connectivity index (χ1) is 13.5. The van der Waals surface area contributed by atoms with Crippen molar-refractivity contribution in [2.75, 3.05) is 38.0 Å². The first-order valence-corrected chi connectivity index (χ1v) is 10.6. The van der Waals surface area contributed by atoms with Crippen LogP contribution in [-0.4, -0.2) is 55.5 Å². The number of nitrogens with one attached hydrogen (secondary N) is 3. The molecule has 3 N–H and O–H groups in total. The number of anilines is 1. The van der Waals surface area contributed by atoms with Crippen molar-refractivity contribution in [2.45, 2.75) is 59.9 Å². The van der Waals surface area contributed by atoms with Crippen molar-refractivity contribution in [1.82, 2.24) is 15.5 Å². The summed E-state index contributed by atoms with van der Waals surface area (Å²) in [7, 11) is 0. The SMILES string of the molecule is CCNC(=NCCc1ccc(NC(C)=O)cc1)NC(C)CCCN(CC)CC.I. The molecule has 0 aliphatic rings. The molecule has 7 heteroatoms. The summed E-state index contributed by atoms with van der Waals surface area (Å²) in [5, 5.41) is 9.64. The number of amides is 1. The number of hydrogen-bond donors (Lipinski definition) is 3. The van der Waals surface area contributed by atoms with E-state index in [4.69, 9.17) is 4.99 Å². The van der Waals surface area contributed by atoms with E-state index >= 15 is 0 Å². The fourth-order valence-electron chi connectivity index (χ4n) is 3.04. The highest BCUT2D eigenvalue weighted by atomic mass is 127. The van der Waals surface area contributed by atoms with Crippen LogP contribution in [0.25, 0.3) is 0 Å². The van der Waals surface area contributed by atoms with Crippen LogP contribution in [0, 0.1) is 0 Å². The van der Waals surface area contributed by atoms with E-state index in [1.54, 1.807) is 0 Å². The molecule has 1 unspecified atom stereocenters. The van der Waals surface area contributed by atoms with Crippen LogP contribution < -0.4 is 16.0 Å². The molecule has 0 aliphatic heterocycles. The maximum absolute atomic E-state index is 11.1. The molecule has 1 rings (SSSR count). The van der Waals surface area contributed by atoms with E-state index in [1.807, 2.05) is 24.3 Å². The van der Waals surface area contributed by atoms with Crippen LogP contribution in [0.1, 0.15) is 53.0 Å². The number of halogens is 1. The van der Waals surface area contributed by atoms with Gasteiger partial charge in [-0.25, -0.2) is 0 Å². The summed E-state index contributed by atoms with van der Waals surface area (Å²) >= 11 is 0. The minimum absolute atomic E-state index is 0. The highest BCUT2D eigenvalue weighted by molar-refractivity contribution is 14.0. The third kappa shape index (κ3) is 12.7. The third-order valence-corrected chi connectivity index (χ3v) is 4.68. The van der Waals surface area contributed by atoms with Gasteiger partial charge in [0.15, 0.2) is 5.96 Å². The van der Waals surface area contributed by atoms with E-state index in [1.165, 1.54) is 18.9 Å². The molecule has 0 radical (unpaired) electrons. The standard InChI is InChI=1S/C22H39N5O.HI/c1-6-23-22(25-18(4)10-9-17-27(7-2)8-3)24-16-15-20-11-13-21(14-12-20)26-19(5)28;/h11-14,18H,6-10,15-17H2,1-5H3,(H,26,28)(H2,23,24,25);1H. The van der Waals surface area contributed by atoms with Gasteiger partial charge in [-0.2, -0.15) is 0 Å². The molecule has 1 atom stereocenters. The fourth-order valence-corrected chi connectivity index (χ4v) is 3.04. The van der Waals surface area contributed by atoms with E-state index in [0.717, 1.165) is 57.2 Å². The van der Waals surface area contributed by atoms with Gasteiger partial charge in [0.05, 0.1) is 0 Å². The highest BCUT2D eigenvalue weighted by Crippen LogP contribution is 2.10. The predicted molar refractivity (Wildman–Crippen MR) is 135 cm³/mol. The monoisotopic (exact) mass is 517 g/mol. The first-order valence-electron chi connectivity index (χ1n) is 10.6. The lowest BCUT2D eigenvalue weighted by molar-refractivity contribution is -0.114. The molecule has 0 bridgehead atoms. The normalized spacial score (nSPS) is 12.3. The summed E-state index contributed by atoms with van der Waals surface area (Å²) < 4.78 is 0.